The zero-order valence-corrected chi connectivity index (χ0v) is 18.2. The second kappa shape index (κ2) is 26.1. The number of nitrogens with two attached hydrogens (primary N) is 1. The number of carbonyl (C=O) groups is 1. The van der Waals surface area contributed by atoms with Crippen molar-refractivity contribution in [2.75, 3.05) is 119 Å². The first-order chi connectivity index (χ1) is 14.8. The lowest BCUT2D eigenvalue weighted by molar-refractivity contribution is -0.123. The molecule has 0 aliphatic heterocycles. The highest BCUT2D eigenvalue weighted by atomic mass is 16.6. The number of rotatable bonds is 26. The van der Waals surface area contributed by atoms with E-state index < -0.39 is 5.91 Å². The van der Waals surface area contributed by atoms with Crippen LogP contribution in [0.3, 0.4) is 0 Å². The standard InChI is InChI=1S/C19H39NO10/c1-22-2-3-23-4-5-24-6-7-25-8-9-26-10-11-27-12-13-28-14-15-29-16-17-30-18-19(20)21/h2-18H2,1H3,(H2,20,21). The molecule has 0 bridgehead atoms. The van der Waals surface area contributed by atoms with Gasteiger partial charge in [-0.2, -0.15) is 0 Å². The molecule has 0 unspecified atom stereocenters. The van der Waals surface area contributed by atoms with Crippen molar-refractivity contribution in [3.8, 4) is 0 Å². The van der Waals surface area contributed by atoms with Crippen molar-refractivity contribution < 1.29 is 47.4 Å². The summed E-state index contributed by atoms with van der Waals surface area (Å²) >= 11 is 0. The maximum Gasteiger partial charge on any atom is 0.243 e. The van der Waals surface area contributed by atoms with E-state index in [2.05, 4.69) is 0 Å². The fraction of sp³-hybridized carbons (Fsp3) is 0.947. The van der Waals surface area contributed by atoms with E-state index in [1.54, 1.807) is 7.11 Å². The van der Waals surface area contributed by atoms with Crippen LogP contribution in [0, 0.1) is 0 Å². The number of hydrogen-bond donors (Lipinski definition) is 1. The number of carbonyl (C=O) groups excluding carboxylic acids is 1. The Morgan fingerprint density at radius 2 is 0.700 bits per heavy atom. The quantitative estimate of drug-likeness (QED) is 0.171. The summed E-state index contributed by atoms with van der Waals surface area (Å²) in [5.41, 5.74) is 4.93. The van der Waals surface area contributed by atoms with E-state index in [0.29, 0.717) is 106 Å². The van der Waals surface area contributed by atoms with Crippen LogP contribution in [0.25, 0.3) is 0 Å². The molecule has 2 N–H and O–H groups in total. The maximum atomic E-state index is 10.4. The van der Waals surface area contributed by atoms with E-state index in [9.17, 15) is 4.79 Å². The molecule has 180 valence electrons. The summed E-state index contributed by atoms with van der Waals surface area (Å²) in [6.07, 6.45) is 0. The topological polar surface area (TPSA) is 126 Å². The normalized spacial score (nSPS) is 11.2. The summed E-state index contributed by atoms with van der Waals surface area (Å²) in [6, 6.07) is 0. The Kier molecular flexibility index (Phi) is 25.4. The van der Waals surface area contributed by atoms with Crippen molar-refractivity contribution in [1.82, 2.24) is 0 Å². The van der Waals surface area contributed by atoms with Crippen molar-refractivity contribution in [3.63, 3.8) is 0 Å². The first kappa shape index (κ1) is 29.1. The summed E-state index contributed by atoms with van der Waals surface area (Å²) in [4.78, 5) is 10.4. The molecular formula is C19H39NO10. The molecule has 0 radical (unpaired) electrons. The molecule has 0 atom stereocenters. The summed E-state index contributed by atoms with van der Waals surface area (Å²) < 4.78 is 47.2. The van der Waals surface area contributed by atoms with Gasteiger partial charge in [-0.3, -0.25) is 4.79 Å². The van der Waals surface area contributed by atoms with Crippen molar-refractivity contribution >= 4 is 5.91 Å². The predicted octanol–water partition coefficient (Wildman–Crippen LogP) is -0.749. The number of ether oxygens (including phenoxy) is 9. The Morgan fingerprint density at radius 3 is 0.933 bits per heavy atom. The van der Waals surface area contributed by atoms with Crippen molar-refractivity contribution in [1.29, 1.82) is 0 Å². The molecule has 0 aromatic rings. The third-order valence-corrected chi connectivity index (χ3v) is 3.28. The van der Waals surface area contributed by atoms with Crippen LogP contribution in [0.5, 0.6) is 0 Å². The summed E-state index contributed by atoms with van der Waals surface area (Å²) in [6.45, 7) is 7.92. The first-order valence-corrected chi connectivity index (χ1v) is 10.2. The molecule has 0 aromatic heterocycles. The molecular weight excluding hydrogens is 402 g/mol. The van der Waals surface area contributed by atoms with Gasteiger partial charge in [0, 0.05) is 7.11 Å². The zero-order chi connectivity index (χ0) is 22.0. The molecule has 0 saturated carbocycles. The van der Waals surface area contributed by atoms with Gasteiger partial charge < -0.3 is 48.4 Å². The van der Waals surface area contributed by atoms with Gasteiger partial charge in [0.1, 0.15) is 6.61 Å². The molecule has 30 heavy (non-hydrogen) atoms. The largest absolute Gasteiger partial charge is 0.382 e. The lowest BCUT2D eigenvalue weighted by atomic mass is 10.6. The summed E-state index contributed by atoms with van der Waals surface area (Å²) in [5.74, 6) is -0.491. The minimum Gasteiger partial charge on any atom is -0.382 e. The van der Waals surface area contributed by atoms with Gasteiger partial charge in [0.15, 0.2) is 0 Å². The lowest BCUT2D eigenvalue weighted by Crippen LogP contribution is -2.20. The van der Waals surface area contributed by atoms with E-state index in [4.69, 9.17) is 48.4 Å². The fourth-order valence-corrected chi connectivity index (χ4v) is 1.85. The third kappa shape index (κ3) is 27.1. The average molecular weight is 442 g/mol. The van der Waals surface area contributed by atoms with Crippen molar-refractivity contribution in [2.45, 2.75) is 0 Å². The molecule has 0 aromatic carbocycles. The molecule has 0 spiro atoms. The molecule has 0 fully saturated rings. The van der Waals surface area contributed by atoms with Crippen LogP contribution in [0.15, 0.2) is 0 Å². The van der Waals surface area contributed by atoms with E-state index in [0.717, 1.165) is 0 Å². The van der Waals surface area contributed by atoms with Crippen LogP contribution < -0.4 is 5.73 Å². The number of amides is 1. The highest BCUT2D eigenvalue weighted by molar-refractivity contribution is 5.74. The average Bonchev–Trinajstić information content (AvgIpc) is 2.73. The van der Waals surface area contributed by atoms with Gasteiger partial charge in [0.2, 0.25) is 5.91 Å². The molecule has 0 rings (SSSR count). The van der Waals surface area contributed by atoms with Crippen LogP contribution >= 0.6 is 0 Å². The fourth-order valence-electron chi connectivity index (χ4n) is 1.85. The second-order valence-corrected chi connectivity index (χ2v) is 5.80. The van der Waals surface area contributed by atoms with Crippen molar-refractivity contribution in [3.05, 3.63) is 0 Å². The molecule has 11 heteroatoms. The highest BCUT2D eigenvalue weighted by Gasteiger charge is 1.96. The van der Waals surface area contributed by atoms with Crippen LogP contribution in [0.2, 0.25) is 0 Å². The van der Waals surface area contributed by atoms with E-state index in [-0.39, 0.29) is 6.61 Å². The van der Waals surface area contributed by atoms with Gasteiger partial charge in [0.05, 0.1) is 106 Å². The van der Waals surface area contributed by atoms with Crippen LogP contribution in [-0.2, 0) is 47.4 Å². The van der Waals surface area contributed by atoms with Crippen molar-refractivity contribution in [2.24, 2.45) is 5.73 Å². The smallest absolute Gasteiger partial charge is 0.243 e. The number of methoxy groups -OCH3 is 1. The van der Waals surface area contributed by atoms with Crippen LogP contribution in [0.1, 0.15) is 0 Å². The first-order valence-electron chi connectivity index (χ1n) is 10.2. The Labute approximate surface area is 179 Å². The number of hydrogen-bond acceptors (Lipinski definition) is 10. The minimum atomic E-state index is -0.491. The van der Waals surface area contributed by atoms with E-state index in [1.807, 2.05) is 0 Å². The molecule has 1 amide bonds. The predicted molar refractivity (Wildman–Crippen MR) is 108 cm³/mol. The van der Waals surface area contributed by atoms with E-state index >= 15 is 0 Å². The molecule has 0 aliphatic rings. The van der Waals surface area contributed by atoms with Gasteiger partial charge >= 0.3 is 0 Å². The van der Waals surface area contributed by atoms with E-state index in [1.165, 1.54) is 0 Å². The monoisotopic (exact) mass is 441 g/mol. The summed E-state index contributed by atoms with van der Waals surface area (Å²) in [5, 5.41) is 0. The van der Waals surface area contributed by atoms with Crippen LogP contribution in [-0.4, -0.2) is 125 Å². The lowest BCUT2D eigenvalue weighted by Gasteiger charge is -2.08. The van der Waals surface area contributed by atoms with Gasteiger partial charge in [-0.1, -0.05) is 0 Å². The number of primary amides is 1. The maximum absolute atomic E-state index is 10.4. The van der Waals surface area contributed by atoms with Gasteiger partial charge in [-0.05, 0) is 0 Å². The molecule has 0 heterocycles. The third-order valence-electron chi connectivity index (χ3n) is 3.28. The molecule has 0 saturated heterocycles. The van der Waals surface area contributed by atoms with Gasteiger partial charge in [0.25, 0.3) is 0 Å². The highest BCUT2D eigenvalue weighted by Crippen LogP contribution is 1.85. The Morgan fingerprint density at radius 1 is 0.467 bits per heavy atom. The Hall–Kier alpha value is -0.890. The van der Waals surface area contributed by atoms with Gasteiger partial charge in [-0.15, -0.1) is 0 Å². The molecule has 11 nitrogen and oxygen atoms in total. The SMILES string of the molecule is COCCOCCOCCOCCOCCOCCOCCOCCOCC(N)=O. The Bertz CT molecular complexity index is 349. The van der Waals surface area contributed by atoms with Gasteiger partial charge in [-0.25, -0.2) is 0 Å². The molecule has 0 aliphatic carbocycles. The summed E-state index contributed by atoms with van der Waals surface area (Å²) in [7, 11) is 1.64. The zero-order valence-electron chi connectivity index (χ0n) is 18.2. The minimum absolute atomic E-state index is 0.0879. The second-order valence-electron chi connectivity index (χ2n) is 5.80. The van der Waals surface area contributed by atoms with Crippen LogP contribution in [0.4, 0.5) is 0 Å². The Balaban J connectivity index is 2.99.